The zero-order chi connectivity index (χ0) is 14.7. The average Bonchev–Trinajstić information content (AvgIpc) is 2.81. The van der Waals surface area contributed by atoms with E-state index in [1.807, 2.05) is 0 Å². The van der Waals surface area contributed by atoms with E-state index < -0.39 is 5.91 Å². The fourth-order valence-corrected chi connectivity index (χ4v) is 4.04. The molecule has 2 N–H and O–H groups in total. The average molecular weight is 307 g/mol. The van der Waals surface area contributed by atoms with Crippen molar-refractivity contribution in [1.82, 2.24) is 15.5 Å². The molecule has 1 aromatic heterocycles. The summed E-state index contributed by atoms with van der Waals surface area (Å²) in [6.07, 6.45) is 3.98. The molecule has 0 radical (unpaired) electrons. The summed E-state index contributed by atoms with van der Waals surface area (Å²) in [6, 6.07) is 2.08. The molecule has 0 spiro atoms. The molecule has 21 heavy (non-hydrogen) atoms. The van der Waals surface area contributed by atoms with Crippen molar-refractivity contribution in [1.29, 1.82) is 0 Å². The number of carbonyl (C=O) groups excluding carboxylic acids is 2. The topological polar surface area (TPSA) is 61.4 Å². The zero-order valence-corrected chi connectivity index (χ0v) is 12.9. The number of fused-ring (bicyclic) bond motifs is 1. The Bertz CT molecular complexity index is 521. The molecule has 114 valence electrons. The Morgan fingerprint density at radius 2 is 2.19 bits per heavy atom. The van der Waals surface area contributed by atoms with E-state index in [1.165, 1.54) is 10.4 Å². The van der Waals surface area contributed by atoms with Gasteiger partial charge in [-0.2, -0.15) is 0 Å². The van der Waals surface area contributed by atoms with E-state index in [-0.39, 0.29) is 11.9 Å². The molecule has 1 fully saturated rings. The van der Waals surface area contributed by atoms with Crippen LogP contribution in [0.1, 0.15) is 35.7 Å². The normalized spacial score (nSPS) is 22.3. The summed E-state index contributed by atoms with van der Waals surface area (Å²) in [5, 5.41) is 8.24. The number of thiophene rings is 1. The first kappa shape index (κ1) is 14.5. The second-order valence-corrected chi connectivity index (χ2v) is 6.61. The molecular formula is C15H21N3O2S. The van der Waals surface area contributed by atoms with Crippen molar-refractivity contribution < 1.29 is 9.59 Å². The highest BCUT2D eigenvalue weighted by molar-refractivity contribution is 7.10. The summed E-state index contributed by atoms with van der Waals surface area (Å²) in [5.74, 6) is -0.845. The summed E-state index contributed by atoms with van der Waals surface area (Å²) in [5.41, 5.74) is 1.20. The molecular weight excluding hydrogens is 286 g/mol. The number of rotatable bonds is 1. The van der Waals surface area contributed by atoms with Crippen LogP contribution < -0.4 is 10.6 Å². The Balaban J connectivity index is 1.63. The Kier molecular flexibility index (Phi) is 4.55. The van der Waals surface area contributed by atoms with Crippen LogP contribution in [-0.4, -0.2) is 42.9 Å². The molecule has 1 aliphatic heterocycles. The number of nitrogens with one attached hydrogen (secondary N) is 2. The molecule has 3 rings (SSSR count). The van der Waals surface area contributed by atoms with Crippen LogP contribution >= 0.6 is 11.3 Å². The van der Waals surface area contributed by atoms with Gasteiger partial charge in [0, 0.05) is 24.5 Å². The first-order valence-corrected chi connectivity index (χ1v) is 8.50. The van der Waals surface area contributed by atoms with Gasteiger partial charge in [-0.1, -0.05) is 0 Å². The number of aryl methyl sites for hydroxylation is 1. The highest BCUT2D eigenvalue weighted by Crippen LogP contribution is 2.33. The molecule has 1 atom stereocenters. The first-order chi connectivity index (χ1) is 10.3. The van der Waals surface area contributed by atoms with Gasteiger partial charge >= 0.3 is 11.8 Å². The largest absolute Gasteiger partial charge is 0.341 e. The fourth-order valence-electron chi connectivity index (χ4n) is 3.05. The van der Waals surface area contributed by atoms with Crippen LogP contribution in [0.5, 0.6) is 0 Å². The van der Waals surface area contributed by atoms with E-state index in [2.05, 4.69) is 22.1 Å². The molecule has 0 bridgehead atoms. The standard InChI is InChI=1S/C15H21N3O2S/c19-14(15(20)18-8-2-6-16-7-9-18)17-12-3-1-4-13-11(12)5-10-21-13/h5,10,12,16H,1-4,6-9H2,(H,17,19). The van der Waals surface area contributed by atoms with Crippen molar-refractivity contribution in [2.75, 3.05) is 26.2 Å². The third-order valence-corrected chi connectivity index (χ3v) is 5.18. The van der Waals surface area contributed by atoms with Crippen molar-refractivity contribution >= 4 is 23.2 Å². The minimum Gasteiger partial charge on any atom is -0.341 e. The zero-order valence-electron chi connectivity index (χ0n) is 12.1. The molecule has 1 unspecified atom stereocenters. The summed E-state index contributed by atoms with van der Waals surface area (Å²) < 4.78 is 0. The maximum absolute atomic E-state index is 12.3. The summed E-state index contributed by atoms with van der Waals surface area (Å²) in [7, 11) is 0. The second-order valence-electron chi connectivity index (χ2n) is 5.61. The van der Waals surface area contributed by atoms with Gasteiger partial charge in [0.2, 0.25) is 0 Å². The number of nitrogens with zero attached hydrogens (tertiary/aromatic N) is 1. The lowest BCUT2D eigenvalue weighted by Gasteiger charge is -2.25. The number of hydrogen-bond acceptors (Lipinski definition) is 4. The molecule has 1 saturated heterocycles. The van der Waals surface area contributed by atoms with Crippen molar-refractivity contribution in [3.05, 3.63) is 21.9 Å². The minimum absolute atomic E-state index is 0.00144. The number of carbonyl (C=O) groups is 2. The van der Waals surface area contributed by atoms with Crippen LogP contribution in [0.4, 0.5) is 0 Å². The van der Waals surface area contributed by atoms with Gasteiger partial charge in [-0.15, -0.1) is 11.3 Å². The van der Waals surface area contributed by atoms with Gasteiger partial charge in [0.1, 0.15) is 0 Å². The maximum atomic E-state index is 12.3. The number of amides is 2. The van der Waals surface area contributed by atoms with Crippen LogP contribution in [0.25, 0.3) is 0 Å². The molecule has 6 heteroatoms. The first-order valence-electron chi connectivity index (χ1n) is 7.62. The lowest BCUT2D eigenvalue weighted by atomic mass is 9.94. The van der Waals surface area contributed by atoms with E-state index in [9.17, 15) is 9.59 Å². The van der Waals surface area contributed by atoms with Gasteiger partial charge in [0.25, 0.3) is 0 Å². The van der Waals surface area contributed by atoms with E-state index in [0.717, 1.165) is 38.8 Å². The van der Waals surface area contributed by atoms with Crippen LogP contribution in [0.3, 0.4) is 0 Å². The van der Waals surface area contributed by atoms with Crippen LogP contribution in [0, 0.1) is 0 Å². The summed E-state index contributed by atoms with van der Waals surface area (Å²) in [4.78, 5) is 27.5. The van der Waals surface area contributed by atoms with Crippen molar-refractivity contribution in [3.63, 3.8) is 0 Å². The van der Waals surface area contributed by atoms with Gasteiger partial charge in [-0.05, 0) is 49.2 Å². The summed E-state index contributed by atoms with van der Waals surface area (Å²) >= 11 is 1.74. The van der Waals surface area contributed by atoms with E-state index >= 15 is 0 Å². The SMILES string of the molecule is O=C(NC1CCCc2sccc21)C(=O)N1CCCNCC1. The Morgan fingerprint density at radius 3 is 3.10 bits per heavy atom. The van der Waals surface area contributed by atoms with E-state index in [0.29, 0.717) is 13.1 Å². The molecule has 0 saturated carbocycles. The molecule has 2 heterocycles. The quantitative estimate of drug-likeness (QED) is 0.763. The van der Waals surface area contributed by atoms with Crippen molar-refractivity contribution in [3.8, 4) is 0 Å². The van der Waals surface area contributed by atoms with Gasteiger partial charge in [0.05, 0.1) is 6.04 Å². The van der Waals surface area contributed by atoms with Crippen molar-refractivity contribution in [2.24, 2.45) is 0 Å². The molecule has 1 aliphatic carbocycles. The van der Waals surface area contributed by atoms with Crippen LogP contribution in [0.2, 0.25) is 0 Å². The van der Waals surface area contributed by atoms with E-state index in [1.54, 1.807) is 16.2 Å². The third kappa shape index (κ3) is 3.27. The lowest BCUT2D eigenvalue weighted by Crippen LogP contribution is -2.45. The van der Waals surface area contributed by atoms with Gasteiger partial charge < -0.3 is 15.5 Å². The van der Waals surface area contributed by atoms with Crippen LogP contribution in [0.15, 0.2) is 11.4 Å². The molecule has 2 aliphatic rings. The lowest BCUT2D eigenvalue weighted by molar-refractivity contribution is -0.146. The Morgan fingerprint density at radius 1 is 1.29 bits per heavy atom. The van der Waals surface area contributed by atoms with Crippen molar-refractivity contribution in [2.45, 2.75) is 31.7 Å². The Hall–Kier alpha value is -1.40. The maximum Gasteiger partial charge on any atom is 0.311 e. The smallest absolute Gasteiger partial charge is 0.311 e. The minimum atomic E-state index is -0.457. The van der Waals surface area contributed by atoms with E-state index in [4.69, 9.17) is 0 Å². The van der Waals surface area contributed by atoms with Gasteiger partial charge in [0.15, 0.2) is 0 Å². The second kappa shape index (κ2) is 6.58. The highest BCUT2D eigenvalue weighted by atomic mass is 32.1. The third-order valence-electron chi connectivity index (χ3n) is 4.18. The molecule has 1 aromatic rings. The highest BCUT2D eigenvalue weighted by Gasteiger charge is 2.28. The predicted octanol–water partition coefficient (Wildman–Crippen LogP) is 1.06. The van der Waals surface area contributed by atoms with Crippen LogP contribution in [-0.2, 0) is 16.0 Å². The monoisotopic (exact) mass is 307 g/mol. The molecule has 0 aromatic carbocycles. The van der Waals surface area contributed by atoms with Gasteiger partial charge in [-0.3, -0.25) is 9.59 Å². The summed E-state index contributed by atoms with van der Waals surface area (Å²) in [6.45, 7) is 2.94. The molecule has 2 amide bonds. The Labute approximate surface area is 128 Å². The number of hydrogen-bond donors (Lipinski definition) is 2. The fraction of sp³-hybridized carbons (Fsp3) is 0.600. The molecule has 5 nitrogen and oxygen atoms in total. The predicted molar refractivity (Wildman–Crippen MR) is 82.2 cm³/mol. The van der Waals surface area contributed by atoms with Gasteiger partial charge in [-0.25, -0.2) is 0 Å².